The monoisotopic (exact) mass is 388 g/mol. The quantitative estimate of drug-likeness (QED) is 0.489. The molecule has 1 heterocycles. The highest BCUT2D eigenvalue weighted by Crippen LogP contribution is 2.33. The molecule has 0 aliphatic rings. The third kappa shape index (κ3) is 5.33. The minimum Gasteiger partial charge on any atom is -0.457 e. The Morgan fingerprint density at radius 2 is 2.04 bits per heavy atom. The number of ether oxygens (including phenoxy) is 1. The lowest BCUT2D eigenvalue weighted by molar-refractivity contribution is -0.139. The largest absolute Gasteiger partial charge is 0.457 e. The lowest BCUT2D eigenvalue weighted by atomic mass is 10.2. The second kappa shape index (κ2) is 8.38. The van der Waals surface area contributed by atoms with E-state index in [1.165, 1.54) is 7.05 Å². The number of nitrogens with zero attached hydrogens (tertiary/aromatic N) is 3. The van der Waals surface area contributed by atoms with Crippen molar-refractivity contribution in [3.63, 3.8) is 0 Å². The van der Waals surface area contributed by atoms with Gasteiger partial charge in [-0.3, -0.25) is 0 Å². The lowest BCUT2D eigenvalue weighted by Gasteiger charge is -2.10. The number of aromatic nitrogens is 2. The molecule has 0 fully saturated rings. The Hall–Kier alpha value is -3.31. The van der Waals surface area contributed by atoms with Crippen LogP contribution in [0.15, 0.2) is 41.4 Å². The smallest absolute Gasteiger partial charge is 0.419 e. The summed E-state index contributed by atoms with van der Waals surface area (Å²) in [5, 5.41) is 8.11. The number of benzene rings is 1. The molecular weight excluding hydrogens is 375 g/mol. The first-order chi connectivity index (χ1) is 12.7. The fraction of sp³-hybridized carbons (Fsp3) is 0.200. The summed E-state index contributed by atoms with van der Waals surface area (Å²) in [5.41, 5.74) is 5.53. The van der Waals surface area contributed by atoms with E-state index in [1.54, 1.807) is 0 Å². The third-order valence-electron chi connectivity index (χ3n) is 3.13. The van der Waals surface area contributed by atoms with Crippen LogP contribution in [0, 0.1) is 17.2 Å². The van der Waals surface area contributed by atoms with E-state index in [-0.39, 0.29) is 29.8 Å². The van der Waals surface area contributed by atoms with Gasteiger partial charge in [0.2, 0.25) is 0 Å². The molecule has 27 heavy (non-hydrogen) atoms. The van der Waals surface area contributed by atoms with Crippen LogP contribution in [0.2, 0.25) is 0 Å². The summed E-state index contributed by atoms with van der Waals surface area (Å²) >= 11 is 0. The number of rotatable bonds is 7. The minimum absolute atomic E-state index is 0.0354. The van der Waals surface area contributed by atoms with Gasteiger partial charge in [-0.25, -0.2) is 19.3 Å². The van der Waals surface area contributed by atoms with Crippen LogP contribution >= 0.6 is 0 Å². The van der Waals surface area contributed by atoms with Crippen molar-refractivity contribution >= 4 is 11.5 Å². The van der Waals surface area contributed by atoms with Gasteiger partial charge >= 0.3 is 12.2 Å². The fourth-order valence-electron chi connectivity index (χ4n) is 1.84. The van der Waals surface area contributed by atoms with Crippen molar-refractivity contribution in [3.05, 3.63) is 53.5 Å². The molecule has 0 aliphatic carbocycles. The molecule has 0 aliphatic heterocycles. The maximum atomic E-state index is 13.3. The first-order valence-corrected chi connectivity index (χ1v) is 7.27. The molecule has 0 saturated carbocycles. The molecule has 144 valence electrons. The molecule has 0 radical (unpaired) electrons. The molecular formula is C15H13F5N6O. The molecule has 2 aromatic rings. The summed E-state index contributed by atoms with van der Waals surface area (Å²) in [6.45, 7) is -0.321. The Bertz CT molecular complexity index is 855. The summed E-state index contributed by atoms with van der Waals surface area (Å²) in [6.07, 6.45) is -2.87. The average Bonchev–Trinajstić information content (AvgIpc) is 2.63. The second-order valence-corrected chi connectivity index (χ2v) is 4.97. The number of alkyl halides is 3. The van der Waals surface area contributed by atoms with Gasteiger partial charge < -0.3 is 15.4 Å². The highest BCUT2D eigenvalue weighted by molar-refractivity contribution is 5.49. The van der Waals surface area contributed by atoms with Gasteiger partial charge in [0.1, 0.15) is 18.1 Å². The number of nitrogens with one attached hydrogen (secondary N) is 3. The molecule has 2 rings (SSSR count). The van der Waals surface area contributed by atoms with Crippen molar-refractivity contribution in [2.24, 2.45) is 5.11 Å². The first-order valence-electron chi connectivity index (χ1n) is 7.27. The molecule has 7 nitrogen and oxygen atoms in total. The van der Waals surface area contributed by atoms with E-state index in [2.05, 4.69) is 25.7 Å². The van der Waals surface area contributed by atoms with Gasteiger partial charge in [0, 0.05) is 18.9 Å². The molecule has 0 unspecified atom stereocenters. The summed E-state index contributed by atoms with van der Waals surface area (Å²) < 4.78 is 69.8. The van der Waals surface area contributed by atoms with Gasteiger partial charge in [-0.05, 0) is 18.2 Å². The number of halogens is 5. The van der Waals surface area contributed by atoms with Crippen LogP contribution in [0.1, 0.15) is 5.56 Å². The van der Waals surface area contributed by atoms with Crippen LogP contribution in [-0.4, -0.2) is 23.6 Å². The van der Waals surface area contributed by atoms with E-state index in [9.17, 15) is 22.0 Å². The zero-order valence-electron chi connectivity index (χ0n) is 13.7. The zero-order valence-corrected chi connectivity index (χ0v) is 13.7. The van der Waals surface area contributed by atoms with Gasteiger partial charge in [-0.15, -0.1) is 0 Å². The zero-order chi connectivity index (χ0) is 20.0. The van der Waals surface area contributed by atoms with Crippen LogP contribution in [0.4, 0.5) is 33.5 Å². The predicted molar refractivity (Wildman–Crippen MR) is 85.3 cm³/mol. The Morgan fingerprint density at radius 3 is 2.67 bits per heavy atom. The maximum Gasteiger partial charge on any atom is 0.419 e. The van der Waals surface area contributed by atoms with Crippen molar-refractivity contribution in [2.75, 3.05) is 24.3 Å². The molecule has 0 atom stereocenters. The van der Waals surface area contributed by atoms with Gasteiger partial charge in [0.25, 0.3) is 0 Å². The van der Waals surface area contributed by atoms with E-state index in [0.717, 1.165) is 18.5 Å². The molecule has 0 amide bonds. The lowest BCUT2D eigenvalue weighted by Crippen LogP contribution is -2.09. The highest BCUT2D eigenvalue weighted by Gasteiger charge is 2.34. The molecule has 0 bridgehead atoms. The van der Waals surface area contributed by atoms with Crippen LogP contribution in [0.3, 0.4) is 0 Å². The van der Waals surface area contributed by atoms with Crippen molar-refractivity contribution in [1.29, 1.82) is 5.53 Å². The van der Waals surface area contributed by atoms with Crippen molar-refractivity contribution in [1.82, 2.24) is 9.97 Å². The normalized spacial score (nSPS) is 11.9. The fourth-order valence-corrected chi connectivity index (χ4v) is 1.84. The summed E-state index contributed by atoms with van der Waals surface area (Å²) in [6, 6.07) is 2.14. The van der Waals surface area contributed by atoms with Gasteiger partial charge in [0.15, 0.2) is 11.6 Å². The minimum atomic E-state index is -4.85. The van der Waals surface area contributed by atoms with E-state index < -0.39 is 23.4 Å². The van der Waals surface area contributed by atoms with Crippen LogP contribution in [-0.2, 0) is 6.18 Å². The number of hydrogen-bond acceptors (Lipinski definition) is 7. The standard InChI is InChI=1S/C15H13F5N6O/c1-22-13-12(17)6-24-14(25-13)27-7-9(26-21)5-23-8-2-3-11(16)10(4-8)15(18,19)20/h2-6,21,23H,7H2,1H3,(H,22,24,25)/b9-5-,26-21?. The molecule has 12 heteroatoms. The Kier molecular flexibility index (Phi) is 6.21. The van der Waals surface area contributed by atoms with Crippen LogP contribution in [0.5, 0.6) is 6.01 Å². The molecule has 0 saturated heterocycles. The first kappa shape index (κ1) is 20.0. The molecule has 3 N–H and O–H groups in total. The summed E-state index contributed by atoms with van der Waals surface area (Å²) in [7, 11) is 1.45. The Labute approximate surface area is 149 Å². The van der Waals surface area contributed by atoms with Crippen molar-refractivity contribution in [3.8, 4) is 6.01 Å². The van der Waals surface area contributed by atoms with E-state index >= 15 is 0 Å². The van der Waals surface area contributed by atoms with E-state index in [4.69, 9.17) is 10.3 Å². The van der Waals surface area contributed by atoms with Crippen LogP contribution in [0.25, 0.3) is 0 Å². The second-order valence-electron chi connectivity index (χ2n) is 4.97. The Morgan fingerprint density at radius 1 is 1.30 bits per heavy atom. The molecule has 0 spiro atoms. The van der Waals surface area contributed by atoms with Crippen molar-refractivity contribution in [2.45, 2.75) is 6.18 Å². The molecule has 1 aromatic carbocycles. The predicted octanol–water partition coefficient (Wildman–Crippen LogP) is 4.18. The SMILES string of the molecule is CNc1nc(OC/C(=C/Nc2ccc(F)c(C(F)(F)F)c2)N=N)ncc1F. The van der Waals surface area contributed by atoms with Gasteiger partial charge in [0.05, 0.1) is 11.8 Å². The van der Waals surface area contributed by atoms with Gasteiger partial charge in [-0.2, -0.15) is 23.3 Å². The van der Waals surface area contributed by atoms with Crippen LogP contribution < -0.4 is 15.4 Å². The maximum absolute atomic E-state index is 13.3. The number of anilines is 2. The van der Waals surface area contributed by atoms with E-state index in [0.29, 0.717) is 12.1 Å². The average molecular weight is 388 g/mol. The topological polar surface area (TPSA) is 95.3 Å². The van der Waals surface area contributed by atoms with Crippen molar-refractivity contribution < 1.29 is 26.7 Å². The summed E-state index contributed by atoms with van der Waals surface area (Å²) in [5.74, 6) is -2.19. The van der Waals surface area contributed by atoms with E-state index in [1.807, 2.05) is 0 Å². The molecule has 1 aromatic heterocycles. The number of hydrogen-bond donors (Lipinski definition) is 3. The Balaban J connectivity index is 2.08. The third-order valence-corrected chi connectivity index (χ3v) is 3.13. The van der Waals surface area contributed by atoms with Gasteiger partial charge in [-0.1, -0.05) is 0 Å². The summed E-state index contributed by atoms with van der Waals surface area (Å²) in [4.78, 5) is 7.32. The highest BCUT2D eigenvalue weighted by atomic mass is 19.4.